The number of para-hydroxylation sites is 1. The molecule has 0 atom stereocenters. The minimum absolute atomic E-state index is 0.128. The van der Waals surface area contributed by atoms with E-state index in [1.165, 1.54) is 13.2 Å². The van der Waals surface area contributed by atoms with E-state index in [1.54, 1.807) is 30.3 Å². The first-order valence-corrected chi connectivity index (χ1v) is 6.88. The Labute approximate surface area is 132 Å². The third kappa shape index (κ3) is 3.96. The first-order chi connectivity index (χ1) is 10.6. The molecule has 116 valence electrons. The highest BCUT2D eigenvalue weighted by Crippen LogP contribution is 2.31. The Kier molecular flexibility index (Phi) is 5.75. The number of methoxy groups -OCH3 is 1. The van der Waals surface area contributed by atoms with Gasteiger partial charge in [0.1, 0.15) is 34.5 Å². The van der Waals surface area contributed by atoms with Gasteiger partial charge in [0.15, 0.2) is 0 Å². The third-order valence-corrected chi connectivity index (χ3v) is 3.13. The van der Waals surface area contributed by atoms with E-state index in [2.05, 4.69) is 0 Å². The van der Waals surface area contributed by atoms with Crippen LogP contribution < -0.4 is 9.47 Å². The number of ether oxygens (including phenoxy) is 3. The second kappa shape index (κ2) is 7.77. The summed E-state index contributed by atoms with van der Waals surface area (Å²) < 4.78 is 29.2. The fourth-order valence-electron chi connectivity index (χ4n) is 1.71. The van der Waals surface area contributed by atoms with E-state index in [0.29, 0.717) is 12.4 Å². The predicted molar refractivity (Wildman–Crippen MR) is 80.2 cm³/mol. The SMILES string of the molecule is COCCOc1ccc(F)c(C(=O)Oc2ccccc2)c1Cl. The Balaban J connectivity index is 2.21. The van der Waals surface area contributed by atoms with Gasteiger partial charge in [-0.2, -0.15) is 0 Å². The summed E-state index contributed by atoms with van der Waals surface area (Å²) in [5, 5.41) is -0.128. The van der Waals surface area contributed by atoms with Crippen molar-refractivity contribution in [2.75, 3.05) is 20.3 Å². The second-order valence-electron chi connectivity index (χ2n) is 4.28. The highest BCUT2D eigenvalue weighted by atomic mass is 35.5. The van der Waals surface area contributed by atoms with Gasteiger partial charge in [-0.25, -0.2) is 9.18 Å². The van der Waals surface area contributed by atoms with Crippen LogP contribution in [0.5, 0.6) is 11.5 Å². The van der Waals surface area contributed by atoms with Gasteiger partial charge in [-0.15, -0.1) is 0 Å². The lowest BCUT2D eigenvalue weighted by molar-refractivity contribution is 0.0729. The Morgan fingerprint density at radius 2 is 1.86 bits per heavy atom. The van der Waals surface area contributed by atoms with Gasteiger partial charge in [0.05, 0.1) is 6.61 Å². The zero-order chi connectivity index (χ0) is 15.9. The van der Waals surface area contributed by atoms with Crippen LogP contribution in [0.25, 0.3) is 0 Å². The van der Waals surface area contributed by atoms with E-state index in [1.807, 2.05) is 0 Å². The molecule has 2 rings (SSSR count). The first kappa shape index (κ1) is 16.3. The Hall–Kier alpha value is -2.11. The molecule has 0 aliphatic rings. The summed E-state index contributed by atoms with van der Waals surface area (Å²) in [5.41, 5.74) is -0.361. The zero-order valence-electron chi connectivity index (χ0n) is 11.8. The van der Waals surface area contributed by atoms with Gasteiger partial charge in [0, 0.05) is 7.11 Å². The molecule has 0 saturated carbocycles. The summed E-state index contributed by atoms with van der Waals surface area (Å²) in [7, 11) is 1.53. The molecule has 0 saturated heterocycles. The number of hydrogen-bond acceptors (Lipinski definition) is 4. The first-order valence-electron chi connectivity index (χ1n) is 6.50. The van der Waals surface area contributed by atoms with Crippen molar-refractivity contribution in [1.29, 1.82) is 0 Å². The van der Waals surface area contributed by atoms with Crippen LogP contribution in [0.15, 0.2) is 42.5 Å². The number of hydrogen-bond donors (Lipinski definition) is 0. The third-order valence-electron chi connectivity index (χ3n) is 2.76. The van der Waals surface area contributed by atoms with E-state index in [-0.39, 0.29) is 22.9 Å². The summed E-state index contributed by atoms with van der Waals surface area (Å²) in [6, 6.07) is 10.8. The molecule has 2 aromatic carbocycles. The normalized spacial score (nSPS) is 10.3. The molecule has 0 fully saturated rings. The van der Waals surface area contributed by atoms with Crippen LogP contribution in [0, 0.1) is 5.82 Å². The van der Waals surface area contributed by atoms with Crippen molar-refractivity contribution < 1.29 is 23.4 Å². The standard InChI is InChI=1S/C16H14ClFO4/c1-20-9-10-21-13-8-7-12(18)14(15(13)17)16(19)22-11-5-3-2-4-6-11/h2-8H,9-10H2,1H3. The number of benzene rings is 2. The van der Waals surface area contributed by atoms with Crippen molar-refractivity contribution in [3.05, 3.63) is 58.9 Å². The number of carbonyl (C=O) groups excluding carboxylic acids is 1. The summed E-state index contributed by atoms with van der Waals surface area (Å²) in [6.07, 6.45) is 0. The van der Waals surface area contributed by atoms with Crippen LogP contribution in [0.3, 0.4) is 0 Å². The van der Waals surface area contributed by atoms with Crippen LogP contribution in [0.1, 0.15) is 10.4 Å². The molecule has 0 aliphatic carbocycles. The van der Waals surface area contributed by atoms with E-state index in [9.17, 15) is 9.18 Å². The fraction of sp³-hybridized carbons (Fsp3) is 0.188. The maximum Gasteiger partial charge on any atom is 0.348 e. The van der Waals surface area contributed by atoms with Crippen LogP contribution in [-0.4, -0.2) is 26.3 Å². The molecule has 0 bridgehead atoms. The average molecular weight is 325 g/mol. The van der Waals surface area contributed by atoms with Crippen molar-refractivity contribution in [3.8, 4) is 11.5 Å². The maximum absolute atomic E-state index is 13.9. The van der Waals surface area contributed by atoms with Gasteiger partial charge in [0.25, 0.3) is 0 Å². The van der Waals surface area contributed by atoms with Crippen LogP contribution >= 0.6 is 11.6 Å². The van der Waals surface area contributed by atoms with Gasteiger partial charge in [-0.1, -0.05) is 29.8 Å². The number of carbonyl (C=O) groups is 1. The van der Waals surface area contributed by atoms with Gasteiger partial charge >= 0.3 is 5.97 Å². The van der Waals surface area contributed by atoms with Crippen molar-refractivity contribution in [2.45, 2.75) is 0 Å². The van der Waals surface area contributed by atoms with Gasteiger partial charge < -0.3 is 14.2 Å². The van der Waals surface area contributed by atoms with E-state index in [0.717, 1.165) is 6.07 Å². The molecule has 6 heteroatoms. The van der Waals surface area contributed by atoms with Crippen molar-refractivity contribution >= 4 is 17.6 Å². The van der Waals surface area contributed by atoms with Crippen LogP contribution in [-0.2, 0) is 4.74 Å². The Bertz CT molecular complexity index is 646. The molecule has 0 aliphatic heterocycles. The Morgan fingerprint density at radius 1 is 1.14 bits per heavy atom. The van der Waals surface area contributed by atoms with E-state index in [4.69, 9.17) is 25.8 Å². The lowest BCUT2D eigenvalue weighted by Gasteiger charge is -2.11. The quantitative estimate of drug-likeness (QED) is 0.461. The van der Waals surface area contributed by atoms with Gasteiger partial charge in [0.2, 0.25) is 0 Å². The fourth-order valence-corrected chi connectivity index (χ4v) is 2.00. The smallest absolute Gasteiger partial charge is 0.348 e. The molecule has 0 unspecified atom stereocenters. The molecule has 0 spiro atoms. The monoisotopic (exact) mass is 324 g/mol. The topological polar surface area (TPSA) is 44.8 Å². The molecular weight excluding hydrogens is 311 g/mol. The lowest BCUT2D eigenvalue weighted by Crippen LogP contribution is -2.13. The number of rotatable bonds is 6. The van der Waals surface area contributed by atoms with Crippen LogP contribution in [0.2, 0.25) is 5.02 Å². The summed E-state index contributed by atoms with van der Waals surface area (Å²) >= 11 is 6.05. The largest absolute Gasteiger partial charge is 0.490 e. The molecule has 0 N–H and O–H groups in total. The minimum Gasteiger partial charge on any atom is -0.490 e. The van der Waals surface area contributed by atoms with E-state index >= 15 is 0 Å². The molecule has 0 aromatic heterocycles. The Morgan fingerprint density at radius 3 is 2.55 bits per heavy atom. The lowest BCUT2D eigenvalue weighted by atomic mass is 10.2. The molecule has 0 radical (unpaired) electrons. The van der Waals surface area contributed by atoms with Crippen molar-refractivity contribution in [2.24, 2.45) is 0 Å². The number of halogens is 2. The van der Waals surface area contributed by atoms with Crippen molar-refractivity contribution in [3.63, 3.8) is 0 Å². The molecule has 22 heavy (non-hydrogen) atoms. The maximum atomic E-state index is 13.9. The second-order valence-corrected chi connectivity index (χ2v) is 4.66. The minimum atomic E-state index is -0.883. The summed E-state index contributed by atoms with van der Waals surface area (Å²) in [6.45, 7) is 0.576. The molecule has 2 aromatic rings. The van der Waals surface area contributed by atoms with Gasteiger partial charge in [-0.3, -0.25) is 0 Å². The molecule has 0 heterocycles. The average Bonchev–Trinajstić information content (AvgIpc) is 2.51. The summed E-state index contributed by atoms with van der Waals surface area (Å²) in [5.74, 6) is -1.16. The van der Waals surface area contributed by atoms with E-state index < -0.39 is 11.8 Å². The predicted octanol–water partition coefficient (Wildman–Crippen LogP) is 3.72. The zero-order valence-corrected chi connectivity index (χ0v) is 12.6. The number of esters is 1. The summed E-state index contributed by atoms with van der Waals surface area (Å²) in [4.78, 5) is 12.1. The van der Waals surface area contributed by atoms with Gasteiger partial charge in [-0.05, 0) is 24.3 Å². The van der Waals surface area contributed by atoms with Crippen molar-refractivity contribution in [1.82, 2.24) is 0 Å². The highest BCUT2D eigenvalue weighted by Gasteiger charge is 2.21. The molecular formula is C16H14ClFO4. The van der Waals surface area contributed by atoms with Crippen LogP contribution in [0.4, 0.5) is 4.39 Å². The highest BCUT2D eigenvalue weighted by molar-refractivity contribution is 6.35. The molecule has 0 amide bonds. The molecule has 4 nitrogen and oxygen atoms in total.